The van der Waals surface area contributed by atoms with Gasteiger partial charge in [-0.25, -0.2) is 13.8 Å². The molecule has 1 aliphatic rings. The fourth-order valence-electron chi connectivity index (χ4n) is 4.34. The summed E-state index contributed by atoms with van der Waals surface area (Å²) in [6.45, 7) is 2.78. The standard InChI is InChI=1S/C32H30IN3O7S/c1-2-40-30-17-23(8-14-28(30)41-20-24-9-15-29-31(18-24)43-21-42-29)19-34-35-32(37)27(16-22-6-4-3-5-7-22)36-44(38,39)26-12-10-25(33)11-13-26/h3-15,17-19,27,36H,2,16,20-21H2,1H3,(H,35,37)/b34-19-/t27-/m0/s1. The largest absolute Gasteiger partial charge is 0.490 e. The van der Waals surface area contributed by atoms with Crippen molar-refractivity contribution in [3.05, 3.63) is 111 Å². The predicted molar refractivity (Wildman–Crippen MR) is 174 cm³/mol. The molecule has 0 aliphatic carbocycles. The topological polar surface area (TPSA) is 125 Å². The summed E-state index contributed by atoms with van der Waals surface area (Å²) >= 11 is 2.10. The van der Waals surface area contributed by atoms with Gasteiger partial charge in [0.2, 0.25) is 16.8 Å². The lowest BCUT2D eigenvalue weighted by Crippen LogP contribution is -2.46. The number of amides is 1. The molecule has 1 amide bonds. The number of nitrogens with one attached hydrogen (secondary N) is 2. The Bertz CT molecular complexity index is 1730. The van der Waals surface area contributed by atoms with E-state index in [9.17, 15) is 13.2 Å². The number of carbonyl (C=O) groups is 1. The summed E-state index contributed by atoms with van der Waals surface area (Å²) in [4.78, 5) is 13.3. The van der Waals surface area contributed by atoms with Gasteiger partial charge in [0.1, 0.15) is 12.6 Å². The van der Waals surface area contributed by atoms with E-state index in [0.29, 0.717) is 41.8 Å². The Hall–Kier alpha value is -4.14. The number of hydrogen-bond donors (Lipinski definition) is 2. The van der Waals surface area contributed by atoms with Gasteiger partial charge in [-0.15, -0.1) is 0 Å². The molecule has 0 spiro atoms. The number of rotatable bonds is 13. The Labute approximate surface area is 269 Å². The maximum absolute atomic E-state index is 13.2. The average molecular weight is 728 g/mol. The molecule has 44 heavy (non-hydrogen) atoms. The second-order valence-electron chi connectivity index (χ2n) is 9.67. The third kappa shape index (κ3) is 8.27. The molecule has 0 radical (unpaired) electrons. The summed E-state index contributed by atoms with van der Waals surface area (Å²) in [7, 11) is -3.97. The Morgan fingerprint density at radius 2 is 1.70 bits per heavy atom. The molecule has 2 N–H and O–H groups in total. The molecule has 4 aromatic carbocycles. The first kappa shape index (κ1) is 31.3. The van der Waals surface area contributed by atoms with E-state index in [4.69, 9.17) is 18.9 Å². The first-order valence-corrected chi connectivity index (χ1v) is 16.3. The predicted octanol–water partition coefficient (Wildman–Crippen LogP) is 5.04. The smallest absolute Gasteiger partial charge is 0.258 e. The summed E-state index contributed by atoms with van der Waals surface area (Å²) in [5, 5.41) is 4.09. The van der Waals surface area contributed by atoms with Crippen molar-refractivity contribution in [2.75, 3.05) is 13.4 Å². The van der Waals surface area contributed by atoms with Crippen LogP contribution in [0.2, 0.25) is 0 Å². The average Bonchev–Trinajstić information content (AvgIpc) is 3.49. The van der Waals surface area contributed by atoms with Gasteiger partial charge >= 0.3 is 0 Å². The van der Waals surface area contributed by atoms with Crippen molar-refractivity contribution in [1.82, 2.24) is 10.1 Å². The van der Waals surface area contributed by atoms with Gasteiger partial charge in [0.15, 0.2) is 23.0 Å². The highest BCUT2D eigenvalue weighted by atomic mass is 127. The molecule has 0 saturated carbocycles. The molecule has 5 rings (SSSR count). The number of hydrogen-bond acceptors (Lipinski definition) is 8. The molecule has 0 saturated heterocycles. The van der Waals surface area contributed by atoms with E-state index in [-0.39, 0.29) is 18.1 Å². The zero-order valence-electron chi connectivity index (χ0n) is 23.7. The third-order valence-corrected chi connectivity index (χ3v) is 8.71. The van der Waals surface area contributed by atoms with E-state index in [2.05, 4.69) is 37.8 Å². The van der Waals surface area contributed by atoms with Crippen LogP contribution in [-0.4, -0.2) is 40.0 Å². The molecule has 228 valence electrons. The molecule has 0 unspecified atom stereocenters. The van der Waals surface area contributed by atoms with Gasteiger partial charge < -0.3 is 18.9 Å². The van der Waals surface area contributed by atoms with Crippen molar-refractivity contribution in [2.45, 2.75) is 30.9 Å². The van der Waals surface area contributed by atoms with Crippen LogP contribution in [0.4, 0.5) is 0 Å². The molecule has 12 heteroatoms. The van der Waals surface area contributed by atoms with Crippen molar-refractivity contribution >= 4 is 44.7 Å². The molecule has 0 aromatic heterocycles. The first-order chi connectivity index (χ1) is 21.3. The van der Waals surface area contributed by atoms with Crippen LogP contribution in [0.25, 0.3) is 0 Å². The minimum atomic E-state index is -3.97. The summed E-state index contributed by atoms with van der Waals surface area (Å²) in [5.41, 5.74) is 4.82. The van der Waals surface area contributed by atoms with Crippen molar-refractivity contribution in [3.63, 3.8) is 0 Å². The van der Waals surface area contributed by atoms with Gasteiger partial charge in [0.05, 0.1) is 17.7 Å². The second-order valence-corrected chi connectivity index (χ2v) is 12.6. The Morgan fingerprint density at radius 3 is 2.48 bits per heavy atom. The van der Waals surface area contributed by atoms with E-state index >= 15 is 0 Å². The highest BCUT2D eigenvalue weighted by Crippen LogP contribution is 2.34. The molecule has 0 bridgehead atoms. The number of sulfonamides is 1. The number of benzene rings is 4. The summed E-state index contributed by atoms with van der Waals surface area (Å²) < 4.78 is 52.2. The zero-order chi connectivity index (χ0) is 30.9. The Balaban J connectivity index is 1.26. The fourth-order valence-corrected chi connectivity index (χ4v) is 5.89. The molecule has 0 fully saturated rings. The quantitative estimate of drug-likeness (QED) is 0.112. The second kappa shape index (κ2) is 14.6. The van der Waals surface area contributed by atoms with Gasteiger partial charge in [-0.05, 0) is 107 Å². The lowest BCUT2D eigenvalue weighted by Gasteiger charge is -2.17. The van der Waals surface area contributed by atoms with E-state index in [0.717, 1.165) is 14.7 Å². The van der Waals surface area contributed by atoms with Gasteiger partial charge in [0.25, 0.3) is 5.91 Å². The minimum absolute atomic E-state index is 0.0663. The Morgan fingerprint density at radius 1 is 0.932 bits per heavy atom. The SMILES string of the molecule is CCOc1cc(/C=N\NC(=O)[C@H](Cc2ccccc2)NS(=O)(=O)c2ccc(I)cc2)ccc1OCc1ccc2c(c1)OCO2. The van der Waals surface area contributed by atoms with Crippen LogP contribution in [0.1, 0.15) is 23.6 Å². The summed E-state index contributed by atoms with van der Waals surface area (Å²) in [6.07, 6.45) is 1.59. The van der Waals surface area contributed by atoms with Crippen LogP contribution in [0.15, 0.2) is 101 Å². The van der Waals surface area contributed by atoms with Crippen LogP contribution < -0.4 is 29.1 Å². The van der Waals surface area contributed by atoms with Gasteiger partial charge in [-0.2, -0.15) is 9.82 Å². The highest BCUT2D eigenvalue weighted by Gasteiger charge is 2.26. The summed E-state index contributed by atoms with van der Waals surface area (Å²) in [6, 6.07) is 25.3. The molecule has 1 aliphatic heterocycles. The van der Waals surface area contributed by atoms with Crippen LogP contribution >= 0.6 is 22.6 Å². The number of halogens is 1. The molecular formula is C32H30IN3O7S. The molecular weight excluding hydrogens is 697 g/mol. The molecule has 1 atom stereocenters. The maximum Gasteiger partial charge on any atom is 0.258 e. The van der Waals surface area contributed by atoms with Gasteiger partial charge in [0, 0.05) is 3.57 Å². The zero-order valence-corrected chi connectivity index (χ0v) is 26.7. The number of fused-ring (bicyclic) bond motifs is 1. The van der Waals surface area contributed by atoms with Crippen LogP contribution in [0.5, 0.6) is 23.0 Å². The van der Waals surface area contributed by atoms with Crippen molar-refractivity contribution in [1.29, 1.82) is 0 Å². The molecule has 10 nitrogen and oxygen atoms in total. The van der Waals surface area contributed by atoms with Crippen LogP contribution in [0, 0.1) is 3.57 Å². The van der Waals surface area contributed by atoms with Crippen molar-refractivity contribution in [2.24, 2.45) is 5.10 Å². The van der Waals surface area contributed by atoms with Crippen molar-refractivity contribution in [3.8, 4) is 23.0 Å². The number of ether oxygens (including phenoxy) is 4. The highest BCUT2D eigenvalue weighted by molar-refractivity contribution is 14.1. The monoisotopic (exact) mass is 727 g/mol. The number of carbonyl (C=O) groups excluding carboxylic acids is 1. The lowest BCUT2D eigenvalue weighted by molar-refractivity contribution is -0.122. The minimum Gasteiger partial charge on any atom is -0.490 e. The number of hydrazone groups is 1. The third-order valence-electron chi connectivity index (χ3n) is 6.51. The van der Waals surface area contributed by atoms with E-state index in [1.807, 2.05) is 55.5 Å². The van der Waals surface area contributed by atoms with Gasteiger partial charge in [-0.1, -0.05) is 36.4 Å². The van der Waals surface area contributed by atoms with E-state index < -0.39 is 22.0 Å². The van der Waals surface area contributed by atoms with E-state index in [1.165, 1.54) is 18.3 Å². The van der Waals surface area contributed by atoms with Crippen LogP contribution in [0.3, 0.4) is 0 Å². The Kier molecular flexibility index (Phi) is 10.4. The maximum atomic E-state index is 13.2. The molecule has 1 heterocycles. The van der Waals surface area contributed by atoms with Crippen LogP contribution in [-0.2, 0) is 27.8 Å². The lowest BCUT2D eigenvalue weighted by atomic mass is 10.1. The fraction of sp³-hybridized carbons (Fsp3) is 0.188. The summed E-state index contributed by atoms with van der Waals surface area (Å²) in [5.74, 6) is 1.83. The van der Waals surface area contributed by atoms with E-state index in [1.54, 1.807) is 30.3 Å². The normalized spacial score (nSPS) is 13.0. The number of nitrogens with zero attached hydrogens (tertiary/aromatic N) is 1. The van der Waals surface area contributed by atoms with Gasteiger partial charge in [-0.3, -0.25) is 4.79 Å². The van der Waals surface area contributed by atoms with Crippen molar-refractivity contribution < 1.29 is 32.2 Å². The first-order valence-electron chi connectivity index (χ1n) is 13.7. The molecule has 4 aromatic rings.